The number of rotatable bonds is 5. The number of nitrogens with zero attached hydrogens (tertiary/aromatic N) is 5. The average Bonchev–Trinajstić information content (AvgIpc) is 3.24. The molecule has 0 N–H and O–H groups in total. The van der Waals surface area contributed by atoms with Gasteiger partial charge in [0.1, 0.15) is 11.5 Å². The Bertz CT molecular complexity index is 797. The summed E-state index contributed by atoms with van der Waals surface area (Å²) in [6.07, 6.45) is 4.94. The summed E-state index contributed by atoms with van der Waals surface area (Å²) >= 11 is 1.81. The lowest BCUT2D eigenvalue weighted by molar-refractivity contribution is 0.450. The van der Waals surface area contributed by atoms with Crippen molar-refractivity contribution in [2.45, 2.75) is 44.4 Å². The van der Waals surface area contributed by atoms with E-state index in [1.54, 1.807) is 0 Å². The number of imidazole rings is 1. The fourth-order valence-electron chi connectivity index (χ4n) is 2.85. The van der Waals surface area contributed by atoms with E-state index >= 15 is 0 Å². The van der Waals surface area contributed by atoms with Crippen LogP contribution in [-0.4, -0.2) is 30.3 Å². The number of furan rings is 1. The van der Waals surface area contributed by atoms with Crippen LogP contribution in [0.2, 0.25) is 0 Å². The van der Waals surface area contributed by atoms with Gasteiger partial charge >= 0.3 is 0 Å². The molecule has 1 aliphatic rings. The largest absolute Gasteiger partial charge is 0.466 e. The fourth-order valence-corrected chi connectivity index (χ4v) is 3.81. The van der Waals surface area contributed by atoms with Crippen molar-refractivity contribution in [1.29, 1.82) is 0 Å². The third kappa shape index (κ3) is 3.06. The summed E-state index contributed by atoms with van der Waals surface area (Å²) in [6.45, 7) is 5.83. The lowest BCUT2D eigenvalue weighted by Gasteiger charge is -2.05. The number of aryl methyl sites for hydroxylation is 2. The Hall–Kier alpha value is -2.02. The van der Waals surface area contributed by atoms with Gasteiger partial charge in [0.15, 0.2) is 5.16 Å². The highest BCUT2D eigenvalue weighted by atomic mass is 32.2. The van der Waals surface area contributed by atoms with Crippen LogP contribution in [0.1, 0.15) is 35.7 Å². The van der Waals surface area contributed by atoms with Crippen molar-refractivity contribution in [3.8, 4) is 0 Å². The molecule has 3 aromatic heterocycles. The highest BCUT2D eigenvalue weighted by Gasteiger charge is 2.16. The molecule has 4 rings (SSSR count). The maximum Gasteiger partial charge on any atom is 0.168 e. The van der Waals surface area contributed by atoms with Crippen LogP contribution in [0.25, 0.3) is 0 Å². The summed E-state index contributed by atoms with van der Waals surface area (Å²) in [4.78, 5) is 4.63. The van der Waals surface area contributed by atoms with Crippen molar-refractivity contribution < 1.29 is 4.42 Å². The molecule has 0 unspecified atom stereocenters. The molecule has 0 amide bonds. The summed E-state index contributed by atoms with van der Waals surface area (Å²) < 4.78 is 9.75. The van der Waals surface area contributed by atoms with Crippen molar-refractivity contribution in [2.75, 3.05) is 5.75 Å². The van der Waals surface area contributed by atoms with Crippen LogP contribution < -0.4 is 0 Å². The lowest BCUT2D eigenvalue weighted by Crippen LogP contribution is -2.01. The van der Waals surface area contributed by atoms with E-state index in [2.05, 4.69) is 33.0 Å². The second kappa shape index (κ2) is 5.88. The standard InChI is InChI=1S/C16H19N5OS/c1-11(15-4-3-12(2)22-15)7-13-9-21(19-18-13)10-14-8-20-5-6-23-16(20)17-14/h3-4,8-9,11H,5-7,10H2,1-2H3/t11-/m0/s1. The Morgan fingerprint density at radius 3 is 3.00 bits per heavy atom. The number of fused-ring (bicyclic) bond motifs is 1. The number of hydrogen-bond donors (Lipinski definition) is 0. The van der Waals surface area contributed by atoms with Crippen LogP contribution in [-0.2, 0) is 19.5 Å². The minimum atomic E-state index is 0.293. The van der Waals surface area contributed by atoms with Gasteiger partial charge in [0.05, 0.1) is 17.9 Å². The van der Waals surface area contributed by atoms with Gasteiger partial charge in [0, 0.05) is 37.0 Å². The van der Waals surface area contributed by atoms with E-state index in [1.165, 1.54) is 0 Å². The molecule has 0 radical (unpaired) electrons. The van der Waals surface area contributed by atoms with Gasteiger partial charge in [-0.25, -0.2) is 9.67 Å². The molecule has 7 heteroatoms. The number of thioether (sulfide) groups is 1. The Kier molecular flexibility index (Phi) is 3.72. The van der Waals surface area contributed by atoms with Gasteiger partial charge in [-0.05, 0) is 19.1 Å². The third-order valence-electron chi connectivity index (χ3n) is 4.03. The van der Waals surface area contributed by atoms with Crippen LogP contribution in [0.5, 0.6) is 0 Å². The molecule has 6 nitrogen and oxygen atoms in total. The molecule has 1 atom stereocenters. The molecule has 0 saturated carbocycles. The van der Waals surface area contributed by atoms with Crippen molar-refractivity contribution in [2.24, 2.45) is 0 Å². The van der Waals surface area contributed by atoms with E-state index in [-0.39, 0.29) is 0 Å². The minimum Gasteiger partial charge on any atom is -0.466 e. The van der Waals surface area contributed by atoms with Gasteiger partial charge < -0.3 is 8.98 Å². The van der Waals surface area contributed by atoms with Crippen LogP contribution in [0.3, 0.4) is 0 Å². The first kappa shape index (κ1) is 14.6. The van der Waals surface area contributed by atoms with Gasteiger partial charge in [-0.1, -0.05) is 23.9 Å². The molecule has 0 aliphatic carbocycles. The topological polar surface area (TPSA) is 61.7 Å². The molecule has 0 saturated heterocycles. The zero-order valence-electron chi connectivity index (χ0n) is 13.3. The van der Waals surface area contributed by atoms with Gasteiger partial charge in [-0.3, -0.25) is 0 Å². The zero-order chi connectivity index (χ0) is 15.8. The normalized spacial score (nSPS) is 15.0. The molecule has 4 heterocycles. The quantitative estimate of drug-likeness (QED) is 0.720. The average molecular weight is 329 g/mol. The number of hydrogen-bond acceptors (Lipinski definition) is 5. The Balaban J connectivity index is 1.42. The van der Waals surface area contributed by atoms with Crippen molar-refractivity contribution in [3.63, 3.8) is 0 Å². The summed E-state index contributed by atoms with van der Waals surface area (Å²) in [5.74, 6) is 3.36. The van der Waals surface area contributed by atoms with E-state index in [9.17, 15) is 0 Å². The maximum atomic E-state index is 5.68. The first-order valence-electron chi connectivity index (χ1n) is 7.81. The van der Waals surface area contributed by atoms with Gasteiger partial charge in [-0.15, -0.1) is 5.10 Å². The van der Waals surface area contributed by atoms with Gasteiger partial charge in [0.2, 0.25) is 0 Å². The third-order valence-corrected chi connectivity index (χ3v) is 5.00. The first-order chi connectivity index (χ1) is 11.2. The van der Waals surface area contributed by atoms with Gasteiger partial charge in [0.25, 0.3) is 0 Å². The van der Waals surface area contributed by atoms with E-state index in [0.717, 1.165) is 46.8 Å². The fraction of sp³-hybridized carbons (Fsp3) is 0.438. The summed E-state index contributed by atoms with van der Waals surface area (Å²) in [6, 6.07) is 4.04. The molecule has 120 valence electrons. The predicted octanol–water partition coefficient (Wildman–Crippen LogP) is 2.88. The molecule has 23 heavy (non-hydrogen) atoms. The molecule has 1 aliphatic heterocycles. The van der Waals surface area contributed by atoms with Crippen LogP contribution in [0.15, 0.2) is 34.1 Å². The van der Waals surface area contributed by atoms with E-state index < -0.39 is 0 Å². The lowest BCUT2D eigenvalue weighted by atomic mass is 10.0. The van der Waals surface area contributed by atoms with Crippen molar-refractivity contribution >= 4 is 11.8 Å². The van der Waals surface area contributed by atoms with Crippen molar-refractivity contribution in [3.05, 3.63) is 47.4 Å². The monoisotopic (exact) mass is 329 g/mol. The smallest absolute Gasteiger partial charge is 0.168 e. The highest BCUT2D eigenvalue weighted by molar-refractivity contribution is 7.99. The molecule has 0 spiro atoms. The molecule has 3 aromatic rings. The minimum absolute atomic E-state index is 0.293. The predicted molar refractivity (Wildman–Crippen MR) is 87.6 cm³/mol. The summed E-state index contributed by atoms with van der Waals surface area (Å²) in [7, 11) is 0. The van der Waals surface area contributed by atoms with Crippen LogP contribution >= 0.6 is 11.8 Å². The van der Waals surface area contributed by atoms with E-state index in [0.29, 0.717) is 12.5 Å². The number of aromatic nitrogens is 5. The van der Waals surface area contributed by atoms with E-state index in [1.807, 2.05) is 41.7 Å². The molecular formula is C16H19N5OS. The highest BCUT2D eigenvalue weighted by Crippen LogP contribution is 2.25. The van der Waals surface area contributed by atoms with Crippen LogP contribution in [0, 0.1) is 6.92 Å². The van der Waals surface area contributed by atoms with E-state index in [4.69, 9.17) is 4.42 Å². The van der Waals surface area contributed by atoms with Crippen molar-refractivity contribution in [1.82, 2.24) is 24.5 Å². The Morgan fingerprint density at radius 1 is 1.30 bits per heavy atom. The zero-order valence-corrected chi connectivity index (χ0v) is 14.1. The molecule has 0 bridgehead atoms. The second-order valence-electron chi connectivity index (χ2n) is 6.02. The Labute approximate surface area is 138 Å². The molecule has 0 fully saturated rings. The molecule has 0 aromatic carbocycles. The second-order valence-corrected chi connectivity index (χ2v) is 7.08. The summed E-state index contributed by atoms with van der Waals surface area (Å²) in [5, 5.41) is 9.62. The molecular weight excluding hydrogens is 310 g/mol. The van der Waals surface area contributed by atoms with Crippen LogP contribution in [0.4, 0.5) is 0 Å². The first-order valence-corrected chi connectivity index (χ1v) is 8.80. The van der Waals surface area contributed by atoms with Gasteiger partial charge in [-0.2, -0.15) is 0 Å². The summed E-state index contributed by atoms with van der Waals surface area (Å²) in [5.41, 5.74) is 2.02. The maximum absolute atomic E-state index is 5.68. The Morgan fingerprint density at radius 2 is 2.22 bits per heavy atom. The SMILES string of the molecule is Cc1ccc([C@@H](C)Cc2cn(Cc3cn4c(n3)SCC4)nn2)o1.